The van der Waals surface area contributed by atoms with Crippen LogP contribution in [-0.4, -0.2) is 48.6 Å². The molecule has 0 aromatic heterocycles. The average molecular weight is 570 g/mol. The Hall–Kier alpha value is -2.13. The molecule has 1 heterocycles. The molecule has 0 spiro atoms. The molecule has 202 valence electrons. The highest BCUT2D eigenvalue weighted by Gasteiger charge is 2.52. The van der Waals surface area contributed by atoms with E-state index in [2.05, 4.69) is 4.72 Å². The van der Waals surface area contributed by atoms with E-state index in [0.29, 0.717) is 10.0 Å². The third-order valence-corrected chi connectivity index (χ3v) is 9.00. The molecule has 1 aliphatic rings. The second-order valence-electron chi connectivity index (χ2n) is 10.3. The number of likely N-dealkylation sites (tertiary alicyclic amines) is 1. The molecule has 2 aromatic carbocycles. The lowest BCUT2D eigenvalue weighted by Gasteiger charge is -2.52. The van der Waals surface area contributed by atoms with Crippen molar-refractivity contribution >= 4 is 45.1 Å². The van der Waals surface area contributed by atoms with Crippen molar-refractivity contribution in [1.29, 1.82) is 0 Å². The van der Waals surface area contributed by atoms with E-state index in [9.17, 15) is 23.1 Å². The molecule has 0 saturated carbocycles. The highest BCUT2D eigenvalue weighted by atomic mass is 35.5. The minimum absolute atomic E-state index is 0.00901. The molecule has 10 heteroatoms. The summed E-state index contributed by atoms with van der Waals surface area (Å²) >= 11 is 12.5. The topological polar surface area (TPSA) is 104 Å². The Morgan fingerprint density at radius 3 is 2.32 bits per heavy atom. The van der Waals surface area contributed by atoms with Crippen LogP contribution < -0.4 is 4.72 Å². The van der Waals surface area contributed by atoms with Gasteiger partial charge in [0.25, 0.3) is 0 Å². The SMILES string of the molecule is CCS(=O)(=O)NCC(C(C)C)N1C(=O)[C@@](C)(CC(=O)O)C[C@H](c2cccc(Cl)c2)[C@H]1c1ccc(Cl)cc1. The highest BCUT2D eigenvalue weighted by molar-refractivity contribution is 7.89. The summed E-state index contributed by atoms with van der Waals surface area (Å²) in [4.78, 5) is 27.9. The van der Waals surface area contributed by atoms with Crippen LogP contribution in [0.2, 0.25) is 10.0 Å². The molecule has 1 aliphatic heterocycles. The highest BCUT2D eigenvalue weighted by Crippen LogP contribution is 2.52. The average Bonchev–Trinajstić information content (AvgIpc) is 2.81. The van der Waals surface area contributed by atoms with Gasteiger partial charge in [-0.25, -0.2) is 13.1 Å². The first-order valence-electron chi connectivity index (χ1n) is 12.3. The molecule has 7 nitrogen and oxygen atoms in total. The second kappa shape index (κ2) is 11.7. The van der Waals surface area contributed by atoms with Gasteiger partial charge in [-0.05, 0) is 54.7 Å². The smallest absolute Gasteiger partial charge is 0.304 e. The number of hydrogen-bond donors (Lipinski definition) is 2. The number of hydrogen-bond acceptors (Lipinski definition) is 4. The van der Waals surface area contributed by atoms with Gasteiger partial charge in [0, 0.05) is 28.5 Å². The van der Waals surface area contributed by atoms with Crippen molar-refractivity contribution in [3.8, 4) is 0 Å². The van der Waals surface area contributed by atoms with Gasteiger partial charge in [0.1, 0.15) is 0 Å². The quantitative estimate of drug-likeness (QED) is 0.394. The molecule has 2 N–H and O–H groups in total. The normalized spacial score (nSPS) is 23.3. The number of halogens is 2. The second-order valence-corrected chi connectivity index (χ2v) is 13.2. The van der Waals surface area contributed by atoms with Crippen LogP contribution in [0, 0.1) is 11.3 Å². The van der Waals surface area contributed by atoms with E-state index >= 15 is 0 Å². The molecule has 1 unspecified atom stereocenters. The first kappa shape index (κ1) is 29.4. The maximum Gasteiger partial charge on any atom is 0.304 e. The van der Waals surface area contributed by atoms with Crippen molar-refractivity contribution < 1.29 is 23.1 Å². The molecule has 1 fully saturated rings. The van der Waals surface area contributed by atoms with Crippen molar-refractivity contribution in [3.63, 3.8) is 0 Å². The van der Waals surface area contributed by atoms with Crippen LogP contribution in [0.25, 0.3) is 0 Å². The Bertz CT molecular complexity index is 1240. The van der Waals surface area contributed by atoms with Crippen molar-refractivity contribution in [1.82, 2.24) is 9.62 Å². The monoisotopic (exact) mass is 568 g/mol. The number of carboxylic acid groups (broad SMARTS) is 1. The van der Waals surface area contributed by atoms with E-state index < -0.39 is 33.5 Å². The van der Waals surface area contributed by atoms with Crippen molar-refractivity contribution in [3.05, 3.63) is 69.7 Å². The van der Waals surface area contributed by atoms with Crippen LogP contribution in [0.3, 0.4) is 0 Å². The molecule has 0 aliphatic carbocycles. The van der Waals surface area contributed by atoms with Gasteiger partial charge in [0.2, 0.25) is 15.9 Å². The lowest BCUT2D eigenvalue weighted by molar-refractivity contribution is -0.161. The van der Waals surface area contributed by atoms with Gasteiger partial charge in [0.15, 0.2) is 0 Å². The number of aliphatic carboxylic acids is 1. The van der Waals surface area contributed by atoms with Gasteiger partial charge >= 0.3 is 5.97 Å². The lowest BCUT2D eigenvalue weighted by atomic mass is 9.66. The predicted molar refractivity (Wildman–Crippen MR) is 146 cm³/mol. The summed E-state index contributed by atoms with van der Waals surface area (Å²) in [6.45, 7) is 7.09. The van der Waals surface area contributed by atoms with Gasteiger partial charge in [-0.3, -0.25) is 9.59 Å². The summed E-state index contributed by atoms with van der Waals surface area (Å²) in [5.41, 5.74) is 0.487. The number of piperidine rings is 1. The van der Waals surface area contributed by atoms with Crippen LogP contribution in [0.1, 0.15) is 63.6 Å². The first-order valence-corrected chi connectivity index (χ1v) is 14.7. The molecular weight excluding hydrogens is 535 g/mol. The molecule has 1 amide bonds. The van der Waals surface area contributed by atoms with Crippen molar-refractivity contribution in [2.24, 2.45) is 11.3 Å². The predicted octanol–water partition coefficient (Wildman–Crippen LogP) is 5.50. The zero-order chi connectivity index (χ0) is 27.5. The maximum absolute atomic E-state index is 14.3. The Labute approximate surface area is 229 Å². The summed E-state index contributed by atoms with van der Waals surface area (Å²) in [5, 5.41) is 10.8. The summed E-state index contributed by atoms with van der Waals surface area (Å²) in [7, 11) is -3.53. The molecule has 0 bridgehead atoms. The Morgan fingerprint density at radius 1 is 1.14 bits per heavy atom. The third kappa shape index (κ3) is 6.85. The number of carbonyl (C=O) groups excluding carboxylic acids is 1. The van der Waals surface area contributed by atoms with Crippen LogP contribution >= 0.6 is 23.2 Å². The number of carbonyl (C=O) groups is 2. The molecule has 4 atom stereocenters. The fourth-order valence-corrected chi connectivity index (χ4v) is 6.17. The van der Waals surface area contributed by atoms with Gasteiger partial charge in [-0.15, -0.1) is 0 Å². The van der Waals surface area contributed by atoms with E-state index in [4.69, 9.17) is 23.2 Å². The van der Waals surface area contributed by atoms with E-state index in [1.807, 2.05) is 44.2 Å². The largest absolute Gasteiger partial charge is 0.481 e. The van der Waals surface area contributed by atoms with Crippen LogP contribution in [-0.2, 0) is 19.6 Å². The van der Waals surface area contributed by atoms with Crippen LogP contribution in [0.15, 0.2) is 48.5 Å². The molecule has 3 rings (SSSR count). The summed E-state index contributed by atoms with van der Waals surface area (Å²) < 4.78 is 27.3. The van der Waals surface area contributed by atoms with Crippen molar-refractivity contribution in [2.75, 3.05) is 12.3 Å². The van der Waals surface area contributed by atoms with E-state index in [1.165, 1.54) is 0 Å². The maximum atomic E-state index is 14.3. The molecule has 2 aromatic rings. The van der Waals surface area contributed by atoms with Gasteiger partial charge in [-0.1, -0.05) is 68.2 Å². The Balaban J connectivity index is 2.25. The Morgan fingerprint density at radius 2 is 1.78 bits per heavy atom. The number of benzene rings is 2. The fourth-order valence-electron chi connectivity index (χ4n) is 5.21. The third-order valence-electron chi connectivity index (χ3n) is 7.15. The number of rotatable bonds is 10. The van der Waals surface area contributed by atoms with E-state index in [1.54, 1.807) is 36.9 Å². The number of carboxylic acids is 1. The molecular formula is C27H34Cl2N2O5S. The summed E-state index contributed by atoms with van der Waals surface area (Å²) in [5.74, 6) is -1.91. The molecule has 0 radical (unpaired) electrons. The van der Waals surface area contributed by atoms with Gasteiger partial charge in [-0.2, -0.15) is 0 Å². The number of sulfonamides is 1. The zero-order valence-corrected chi connectivity index (χ0v) is 23.8. The lowest BCUT2D eigenvalue weighted by Crippen LogP contribution is -2.59. The van der Waals surface area contributed by atoms with Crippen molar-refractivity contribution in [2.45, 2.75) is 58.5 Å². The minimum atomic E-state index is -3.53. The van der Waals surface area contributed by atoms with Gasteiger partial charge < -0.3 is 10.0 Å². The number of nitrogens with zero attached hydrogens (tertiary/aromatic N) is 1. The fraction of sp³-hybridized carbons (Fsp3) is 0.481. The molecule has 1 saturated heterocycles. The van der Waals surface area contributed by atoms with E-state index in [0.717, 1.165) is 11.1 Å². The number of amides is 1. The van der Waals surface area contributed by atoms with E-state index in [-0.39, 0.29) is 42.9 Å². The number of nitrogens with one attached hydrogen (secondary N) is 1. The summed E-state index contributed by atoms with van der Waals surface area (Å²) in [6.07, 6.45) is -0.0635. The van der Waals surface area contributed by atoms with Gasteiger partial charge in [0.05, 0.1) is 23.6 Å². The van der Waals surface area contributed by atoms with Crippen LogP contribution in [0.5, 0.6) is 0 Å². The Kier molecular flexibility index (Phi) is 9.32. The minimum Gasteiger partial charge on any atom is -0.481 e. The zero-order valence-electron chi connectivity index (χ0n) is 21.4. The summed E-state index contributed by atoms with van der Waals surface area (Å²) in [6, 6.07) is 13.6. The van der Waals surface area contributed by atoms with Crippen LogP contribution in [0.4, 0.5) is 0 Å². The molecule has 37 heavy (non-hydrogen) atoms. The standard InChI is InChI=1S/C27H34Cl2N2O5S/c1-5-37(35,36)30-16-23(17(2)3)31-25(18-9-11-20(28)12-10-18)22(19-7-6-8-21(29)13-19)14-27(4,26(31)34)15-24(32)33/h6-13,17,22-23,25,30H,5,14-16H2,1-4H3,(H,32,33)/t22-,23?,25-,27-/m1/s1. The first-order chi connectivity index (χ1) is 17.3.